The van der Waals surface area contributed by atoms with E-state index in [0.717, 1.165) is 11.3 Å². The van der Waals surface area contributed by atoms with Crippen LogP contribution in [0.5, 0.6) is 5.06 Å². The number of halogens is 2. The largest absolute Gasteiger partial charge is 0.414 e. The van der Waals surface area contributed by atoms with Gasteiger partial charge < -0.3 is 10.1 Å². The molecule has 0 saturated heterocycles. The second kappa shape index (κ2) is 5.05. The summed E-state index contributed by atoms with van der Waals surface area (Å²) in [5.41, 5.74) is 0. The maximum Gasteiger partial charge on any atom is 0.414 e. The molecule has 0 bridgehead atoms. The highest BCUT2D eigenvalue weighted by molar-refractivity contribution is 7.18. The van der Waals surface area contributed by atoms with Gasteiger partial charge in [-0.3, -0.25) is 0 Å². The Hall–Kier alpha value is -0.960. The van der Waals surface area contributed by atoms with Crippen LogP contribution >= 0.6 is 34.5 Å². The number of thiazole rings is 1. The number of terminal acetylenes is 1. The molecule has 1 heterocycles. The van der Waals surface area contributed by atoms with Crippen molar-refractivity contribution in [3.8, 4) is 17.4 Å². The van der Waals surface area contributed by atoms with Crippen LogP contribution < -0.4 is 10.1 Å². The first-order valence-corrected chi connectivity index (χ1v) is 4.91. The molecule has 1 amide bonds. The van der Waals surface area contributed by atoms with Crippen LogP contribution in [0.3, 0.4) is 0 Å². The lowest BCUT2D eigenvalue weighted by molar-refractivity contribution is 0.203. The normalized spacial score (nSPS) is 9.21. The Balaban J connectivity index is 2.56. The van der Waals surface area contributed by atoms with Gasteiger partial charge in [0.25, 0.3) is 0 Å². The van der Waals surface area contributed by atoms with Crippen molar-refractivity contribution in [3.63, 3.8) is 0 Å². The molecular formula is C7H4Cl2N2O2S. The molecule has 0 unspecified atom stereocenters. The SMILES string of the molecule is C#CCNC(=O)Oc1sc(Cl)nc1Cl. The van der Waals surface area contributed by atoms with Crippen LogP contribution in [0, 0.1) is 12.3 Å². The van der Waals surface area contributed by atoms with Crippen LogP contribution in [0.1, 0.15) is 0 Å². The maximum atomic E-state index is 11.0. The van der Waals surface area contributed by atoms with E-state index in [2.05, 4.69) is 16.2 Å². The first kappa shape index (κ1) is 11.1. The van der Waals surface area contributed by atoms with Crippen molar-refractivity contribution in [1.29, 1.82) is 0 Å². The van der Waals surface area contributed by atoms with Gasteiger partial charge in [0.15, 0.2) is 9.62 Å². The van der Waals surface area contributed by atoms with E-state index in [1.165, 1.54) is 0 Å². The molecule has 1 aromatic rings. The lowest BCUT2D eigenvalue weighted by Crippen LogP contribution is -2.26. The van der Waals surface area contributed by atoms with Crippen LogP contribution in [0.25, 0.3) is 0 Å². The monoisotopic (exact) mass is 250 g/mol. The van der Waals surface area contributed by atoms with Crippen molar-refractivity contribution in [3.05, 3.63) is 9.62 Å². The van der Waals surface area contributed by atoms with Crippen molar-refractivity contribution in [2.24, 2.45) is 0 Å². The van der Waals surface area contributed by atoms with Gasteiger partial charge in [0.2, 0.25) is 5.06 Å². The Bertz CT molecular complexity index is 386. The summed E-state index contributed by atoms with van der Waals surface area (Å²) in [4.78, 5) is 14.6. The number of carbonyl (C=O) groups excluding carboxylic acids is 1. The van der Waals surface area contributed by atoms with Gasteiger partial charge in [-0.05, 0) is 0 Å². The molecule has 0 aliphatic rings. The zero-order chi connectivity index (χ0) is 10.6. The standard InChI is InChI=1S/C7H4Cl2N2O2S/c1-2-3-10-7(12)13-5-4(8)11-6(9)14-5/h1H,3H2,(H,10,12). The van der Waals surface area contributed by atoms with Gasteiger partial charge in [-0.2, -0.15) is 0 Å². The average Bonchev–Trinajstić information content (AvgIpc) is 2.42. The smallest absolute Gasteiger partial charge is 0.396 e. The van der Waals surface area contributed by atoms with E-state index in [-0.39, 0.29) is 21.2 Å². The predicted octanol–water partition coefficient (Wildman–Crippen LogP) is 2.17. The van der Waals surface area contributed by atoms with E-state index in [1.54, 1.807) is 0 Å². The van der Waals surface area contributed by atoms with Crippen LogP contribution in [0.4, 0.5) is 4.79 Å². The Kier molecular flexibility index (Phi) is 4.01. The second-order valence-corrected chi connectivity index (χ2v) is 3.89. The zero-order valence-electron chi connectivity index (χ0n) is 6.71. The number of hydrogen-bond acceptors (Lipinski definition) is 4. The van der Waals surface area contributed by atoms with Crippen LogP contribution in [-0.4, -0.2) is 17.6 Å². The molecule has 0 radical (unpaired) electrons. The first-order chi connectivity index (χ1) is 6.63. The van der Waals surface area contributed by atoms with Crippen molar-refractivity contribution in [2.45, 2.75) is 0 Å². The fourth-order valence-electron chi connectivity index (χ4n) is 0.571. The molecule has 4 nitrogen and oxygen atoms in total. The number of nitrogens with zero attached hydrogens (tertiary/aromatic N) is 1. The van der Waals surface area contributed by atoms with Crippen molar-refractivity contribution >= 4 is 40.6 Å². The van der Waals surface area contributed by atoms with Crippen molar-refractivity contribution in [2.75, 3.05) is 6.54 Å². The lowest BCUT2D eigenvalue weighted by atomic mass is 10.7. The topological polar surface area (TPSA) is 51.2 Å². The summed E-state index contributed by atoms with van der Waals surface area (Å²) in [7, 11) is 0. The van der Waals surface area contributed by atoms with Crippen LogP contribution in [0.15, 0.2) is 0 Å². The van der Waals surface area contributed by atoms with Gasteiger partial charge in [0.1, 0.15) is 0 Å². The summed E-state index contributed by atoms with van der Waals surface area (Å²) < 4.78 is 4.97. The van der Waals surface area contributed by atoms with Gasteiger partial charge in [0.05, 0.1) is 6.54 Å². The predicted molar refractivity (Wildman–Crippen MR) is 55.0 cm³/mol. The third-order valence-electron chi connectivity index (χ3n) is 1.05. The van der Waals surface area contributed by atoms with Gasteiger partial charge >= 0.3 is 6.09 Å². The molecule has 1 N–H and O–H groups in total. The van der Waals surface area contributed by atoms with Gasteiger partial charge in [-0.1, -0.05) is 40.5 Å². The number of amides is 1. The number of ether oxygens (including phenoxy) is 1. The van der Waals surface area contributed by atoms with Gasteiger partial charge in [-0.15, -0.1) is 6.42 Å². The molecule has 14 heavy (non-hydrogen) atoms. The number of aromatic nitrogens is 1. The number of rotatable bonds is 2. The summed E-state index contributed by atoms with van der Waals surface area (Å²) in [6.07, 6.45) is 4.24. The number of hydrogen-bond donors (Lipinski definition) is 1. The summed E-state index contributed by atoms with van der Waals surface area (Å²) in [6, 6.07) is 0. The van der Waals surface area contributed by atoms with E-state index >= 15 is 0 Å². The number of carbonyl (C=O) groups is 1. The minimum absolute atomic E-state index is 0.0517. The Morgan fingerprint density at radius 3 is 2.93 bits per heavy atom. The van der Waals surface area contributed by atoms with Crippen molar-refractivity contribution < 1.29 is 9.53 Å². The highest BCUT2D eigenvalue weighted by Crippen LogP contribution is 2.33. The molecule has 1 rings (SSSR count). The Labute approximate surface area is 94.2 Å². The van der Waals surface area contributed by atoms with E-state index in [1.807, 2.05) is 0 Å². The van der Waals surface area contributed by atoms with E-state index in [9.17, 15) is 4.79 Å². The molecule has 0 aliphatic heterocycles. The summed E-state index contributed by atoms with van der Waals surface area (Å²) in [5, 5.41) is 2.49. The molecule has 0 aromatic carbocycles. The Morgan fingerprint density at radius 1 is 1.71 bits per heavy atom. The lowest BCUT2D eigenvalue weighted by Gasteiger charge is -2.00. The summed E-state index contributed by atoms with van der Waals surface area (Å²) in [6.45, 7) is 0.0863. The fourth-order valence-corrected chi connectivity index (χ4v) is 1.73. The fraction of sp³-hybridized carbons (Fsp3) is 0.143. The maximum absolute atomic E-state index is 11.0. The quantitative estimate of drug-likeness (QED) is 0.819. The van der Waals surface area contributed by atoms with Crippen molar-refractivity contribution in [1.82, 2.24) is 10.3 Å². The van der Waals surface area contributed by atoms with E-state index in [0.29, 0.717) is 0 Å². The van der Waals surface area contributed by atoms with Crippen LogP contribution in [-0.2, 0) is 0 Å². The molecule has 0 aliphatic carbocycles. The second-order valence-electron chi connectivity index (χ2n) is 1.99. The minimum atomic E-state index is -0.690. The van der Waals surface area contributed by atoms with Gasteiger partial charge in [-0.25, -0.2) is 9.78 Å². The number of nitrogens with one attached hydrogen (secondary N) is 1. The zero-order valence-corrected chi connectivity index (χ0v) is 9.04. The molecule has 1 aromatic heterocycles. The molecule has 0 saturated carbocycles. The molecule has 0 atom stereocenters. The third kappa shape index (κ3) is 3.07. The molecule has 74 valence electrons. The van der Waals surface area contributed by atoms with Crippen LogP contribution in [0.2, 0.25) is 9.62 Å². The van der Waals surface area contributed by atoms with E-state index < -0.39 is 6.09 Å². The first-order valence-electron chi connectivity index (χ1n) is 3.34. The molecular weight excluding hydrogens is 247 g/mol. The minimum Gasteiger partial charge on any atom is -0.396 e. The average molecular weight is 251 g/mol. The molecule has 7 heteroatoms. The summed E-state index contributed by atoms with van der Waals surface area (Å²) >= 11 is 12.1. The third-order valence-corrected chi connectivity index (χ3v) is 2.46. The highest BCUT2D eigenvalue weighted by Gasteiger charge is 2.12. The highest BCUT2D eigenvalue weighted by atomic mass is 35.5. The molecule has 0 fully saturated rings. The Morgan fingerprint density at radius 2 is 2.43 bits per heavy atom. The summed E-state index contributed by atoms with van der Waals surface area (Å²) in [5.74, 6) is 2.22. The van der Waals surface area contributed by atoms with E-state index in [4.69, 9.17) is 34.4 Å². The van der Waals surface area contributed by atoms with Gasteiger partial charge in [0, 0.05) is 0 Å². The molecule has 0 spiro atoms.